The minimum atomic E-state index is -4.21. The molecule has 2 atom stereocenters. The number of aromatic nitrogens is 1. The van der Waals surface area contributed by atoms with Crippen molar-refractivity contribution in [3.05, 3.63) is 101 Å². The van der Waals surface area contributed by atoms with Gasteiger partial charge in [-0.2, -0.15) is 0 Å². The largest absolute Gasteiger partial charge is 0.508 e. The fraction of sp³-hybridized carbons (Fsp3) is 0.312. The molecule has 2 aliphatic heterocycles. The molecule has 2 aliphatic rings. The Hall–Kier alpha value is -4.71. The highest BCUT2D eigenvalue weighted by atomic mass is 32.2. The second-order valence-corrected chi connectivity index (χ2v) is 14.1. The number of hydrogen-bond acceptors (Lipinski definition) is 9. The summed E-state index contributed by atoms with van der Waals surface area (Å²) >= 11 is 0. The molecule has 0 bridgehead atoms. The summed E-state index contributed by atoms with van der Waals surface area (Å²) < 4.78 is 27.5. The Morgan fingerprint density at radius 2 is 1.82 bits per heavy atom. The minimum Gasteiger partial charge on any atom is -0.508 e. The smallest absolute Gasteiger partial charge is 0.251 e. The van der Waals surface area contributed by atoms with Crippen molar-refractivity contribution in [3.8, 4) is 11.5 Å². The lowest BCUT2D eigenvalue weighted by Crippen LogP contribution is -2.53. The SMILES string of the molecule is CC(C)(C)c1ccc(C(=O)NC(Cc2cccc(O)c2)C(=O)N2C3=C(CC2S(=O)(=O)Cc2ncccc2O)NCC3=O)cc1. The van der Waals surface area contributed by atoms with Crippen molar-refractivity contribution in [1.29, 1.82) is 0 Å². The van der Waals surface area contributed by atoms with Crippen molar-refractivity contribution >= 4 is 27.4 Å². The van der Waals surface area contributed by atoms with Crippen LogP contribution in [-0.4, -0.2) is 64.1 Å². The molecule has 0 saturated heterocycles. The van der Waals surface area contributed by atoms with Crippen molar-refractivity contribution in [1.82, 2.24) is 20.5 Å². The monoisotopic (exact) mass is 618 g/mol. The van der Waals surface area contributed by atoms with Gasteiger partial charge in [-0.3, -0.25) is 24.3 Å². The van der Waals surface area contributed by atoms with E-state index in [1.54, 1.807) is 24.3 Å². The molecule has 0 radical (unpaired) electrons. The number of benzene rings is 2. The molecule has 5 rings (SSSR count). The summed E-state index contributed by atoms with van der Waals surface area (Å²) in [6.07, 6.45) is 1.09. The van der Waals surface area contributed by atoms with Crippen LogP contribution < -0.4 is 10.6 Å². The number of ketones is 1. The Morgan fingerprint density at radius 1 is 1.09 bits per heavy atom. The lowest BCUT2D eigenvalue weighted by atomic mass is 9.86. The van der Waals surface area contributed by atoms with Crippen LogP contribution in [0.1, 0.15) is 54.4 Å². The Morgan fingerprint density at radius 3 is 2.48 bits per heavy atom. The molecule has 4 N–H and O–H groups in total. The van der Waals surface area contributed by atoms with Crippen molar-refractivity contribution in [2.75, 3.05) is 6.54 Å². The first-order valence-electron chi connectivity index (χ1n) is 14.1. The van der Waals surface area contributed by atoms with Gasteiger partial charge in [0.1, 0.15) is 28.6 Å². The standard InChI is InChI=1S/C32H34N4O7S/c1-32(2,3)21-11-9-20(10-12-21)30(40)35-24(15-19-6-4-7-22(37)14-19)31(41)36-28(16-23-29(36)27(39)17-34-23)44(42,43)18-25-26(38)8-5-13-33-25/h4-14,24,28,34,37-38H,15-18H2,1-3H3,(H,35,40). The molecule has 0 saturated carbocycles. The predicted molar refractivity (Wildman–Crippen MR) is 162 cm³/mol. The van der Waals surface area contributed by atoms with Crippen LogP contribution in [0.3, 0.4) is 0 Å². The summed E-state index contributed by atoms with van der Waals surface area (Å²) in [6, 6.07) is 14.6. The summed E-state index contributed by atoms with van der Waals surface area (Å²) in [5.74, 6) is -2.85. The molecule has 0 aliphatic carbocycles. The fourth-order valence-electron chi connectivity index (χ4n) is 5.40. The first-order valence-corrected chi connectivity index (χ1v) is 15.8. The van der Waals surface area contributed by atoms with Gasteiger partial charge in [0.2, 0.25) is 0 Å². The molecular weight excluding hydrogens is 584 g/mol. The molecule has 230 valence electrons. The summed E-state index contributed by atoms with van der Waals surface area (Å²) in [6.45, 7) is 6.05. The Bertz CT molecular complexity index is 1760. The van der Waals surface area contributed by atoms with E-state index in [2.05, 4.69) is 15.6 Å². The molecule has 0 fully saturated rings. The number of carbonyl (C=O) groups excluding carboxylic acids is 3. The van der Waals surface area contributed by atoms with Gasteiger partial charge < -0.3 is 20.8 Å². The lowest BCUT2D eigenvalue weighted by Gasteiger charge is -2.31. The van der Waals surface area contributed by atoms with Gasteiger partial charge in [0.15, 0.2) is 15.6 Å². The van der Waals surface area contributed by atoms with E-state index < -0.39 is 44.6 Å². The molecular formula is C32H34N4O7S. The molecule has 44 heavy (non-hydrogen) atoms. The summed E-state index contributed by atoms with van der Waals surface area (Å²) in [5, 5.41) is 24.4. The number of pyridine rings is 1. The maximum Gasteiger partial charge on any atom is 0.251 e. The van der Waals surface area contributed by atoms with Crippen LogP contribution in [-0.2, 0) is 37.0 Å². The van der Waals surface area contributed by atoms with Gasteiger partial charge >= 0.3 is 0 Å². The van der Waals surface area contributed by atoms with Crippen LogP contribution in [0, 0.1) is 0 Å². The number of nitrogens with zero attached hydrogens (tertiary/aromatic N) is 2. The number of sulfone groups is 1. The second-order valence-electron chi connectivity index (χ2n) is 12.0. The van der Waals surface area contributed by atoms with Crippen LogP contribution >= 0.6 is 0 Å². The van der Waals surface area contributed by atoms with Gasteiger partial charge in [0, 0.05) is 30.3 Å². The van der Waals surface area contributed by atoms with E-state index >= 15 is 0 Å². The van der Waals surface area contributed by atoms with Crippen molar-refractivity contribution in [3.63, 3.8) is 0 Å². The summed E-state index contributed by atoms with van der Waals surface area (Å²) in [5.41, 5.74) is 1.85. The maximum absolute atomic E-state index is 14.4. The number of nitrogens with one attached hydrogen (secondary N) is 2. The van der Waals surface area contributed by atoms with E-state index in [-0.39, 0.29) is 47.7 Å². The Labute approximate surface area is 255 Å². The predicted octanol–water partition coefficient (Wildman–Crippen LogP) is 2.69. The number of carbonyl (C=O) groups is 3. The van der Waals surface area contributed by atoms with Gasteiger partial charge in [-0.05, 0) is 52.9 Å². The van der Waals surface area contributed by atoms with Crippen molar-refractivity contribution in [2.24, 2.45) is 0 Å². The highest BCUT2D eigenvalue weighted by molar-refractivity contribution is 7.91. The minimum absolute atomic E-state index is 0.0465. The number of rotatable bonds is 8. The average molecular weight is 619 g/mol. The van der Waals surface area contributed by atoms with Gasteiger partial charge in [-0.15, -0.1) is 0 Å². The molecule has 12 heteroatoms. The molecule has 0 spiro atoms. The van der Waals surface area contributed by atoms with E-state index in [9.17, 15) is 33.0 Å². The zero-order valence-corrected chi connectivity index (χ0v) is 25.4. The van der Waals surface area contributed by atoms with Gasteiger partial charge in [0.05, 0.1) is 18.0 Å². The second kappa shape index (κ2) is 11.8. The average Bonchev–Trinajstić information content (AvgIpc) is 3.53. The van der Waals surface area contributed by atoms with E-state index in [0.29, 0.717) is 16.8 Å². The number of phenolic OH excluding ortho intramolecular Hbond substituents is 1. The molecule has 11 nitrogen and oxygen atoms in total. The van der Waals surface area contributed by atoms with Crippen LogP contribution in [0.4, 0.5) is 0 Å². The molecule has 3 heterocycles. The first kappa shape index (κ1) is 30.7. The number of amides is 2. The summed E-state index contributed by atoms with van der Waals surface area (Å²) in [4.78, 5) is 45.7. The molecule has 2 aromatic carbocycles. The molecule has 3 aromatic rings. The summed E-state index contributed by atoms with van der Waals surface area (Å²) in [7, 11) is -4.21. The number of aromatic hydroxyl groups is 2. The van der Waals surface area contributed by atoms with Crippen molar-refractivity contribution < 1.29 is 33.0 Å². The third kappa shape index (κ3) is 6.30. The van der Waals surface area contributed by atoms with E-state index in [0.717, 1.165) is 10.5 Å². The normalized spacial score (nSPS) is 17.3. The number of Topliss-reactive ketones (excluding diaryl/α,β-unsaturated/α-hetero) is 1. The van der Waals surface area contributed by atoms with Gasteiger partial charge in [-0.25, -0.2) is 8.42 Å². The topological polar surface area (TPSA) is 166 Å². The third-order valence-electron chi connectivity index (χ3n) is 7.74. The quantitative estimate of drug-likeness (QED) is 0.297. The van der Waals surface area contributed by atoms with Crippen LogP contribution in [0.15, 0.2) is 78.3 Å². The van der Waals surface area contributed by atoms with Crippen LogP contribution in [0.5, 0.6) is 11.5 Å². The van der Waals surface area contributed by atoms with Gasteiger partial charge in [-0.1, -0.05) is 45.0 Å². The highest BCUT2D eigenvalue weighted by Crippen LogP contribution is 2.36. The van der Waals surface area contributed by atoms with Gasteiger partial charge in [0.25, 0.3) is 11.8 Å². The first-order chi connectivity index (χ1) is 20.7. The van der Waals surface area contributed by atoms with Crippen molar-refractivity contribution in [2.45, 2.75) is 56.2 Å². The van der Waals surface area contributed by atoms with E-state index in [4.69, 9.17) is 0 Å². The number of hydrogen-bond donors (Lipinski definition) is 4. The van der Waals surface area contributed by atoms with E-state index in [1.807, 2.05) is 32.9 Å². The zero-order chi connectivity index (χ0) is 31.8. The Kier molecular flexibility index (Phi) is 8.21. The zero-order valence-electron chi connectivity index (χ0n) is 24.6. The molecule has 1 aromatic heterocycles. The van der Waals surface area contributed by atoms with Crippen LogP contribution in [0.2, 0.25) is 0 Å². The van der Waals surface area contributed by atoms with E-state index in [1.165, 1.54) is 30.5 Å². The lowest BCUT2D eigenvalue weighted by molar-refractivity contribution is -0.133. The third-order valence-corrected chi connectivity index (χ3v) is 9.63. The molecule has 2 amide bonds. The highest BCUT2D eigenvalue weighted by Gasteiger charge is 2.49. The molecule has 2 unspecified atom stereocenters. The number of phenols is 1. The fourth-order valence-corrected chi connectivity index (χ4v) is 7.15. The maximum atomic E-state index is 14.4. The Balaban J connectivity index is 1.50. The van der Waals surface area contributed by atoms with Crippen LogP contribution in [0.25, 0.3) is 0 Å².